The molecule has 4 rings (SSSR count). The molecular formula is C22H21ClFN5O3S. The standard InChI is InChI=1S/C22H21ClFN5O3S/c1-32-18-7-6-14(23)12-17(18)26-22(31)29-10-8-13(9-11-29)20-27-28-21(33-20)19(30)25-16-5-3-2-4-15(16)24/h2-7,12-13H,8-11H2,1H3,(H,25,30)(H,26,31). The zero-order chi connectivity index (χ0) is 23.4. The summed E-state index contributed by atoms with van der Waals surface area (Å²) in [5, 5.41) is 14.9. The molecule has 172 valence electrons. The highest BCUT2D eigenvalue weighted by molar-refractivity contribution is 7.13. The van der Waals surface area contributed by atoms with Crippen LogP contribution >= 0.6 is 22.9 Å². The van der Waals surface area contributed by atoms with E-state index in [2.05, 4.69) is 20.8 Å². The molecule has 1 fully saturated rings. The minimum absolute atomic E-state index is 0.0854. The molecule has 0 atom stereocenters. The monoisotopic (exact) mass is 489 g/mol. The molecule has 0 saturated carbocycles. The number of methoxy groups -OCH3 is 1. The van der Waals surface area contributed by atoms with Crippen molar-refractivity contribution in [2.24, 2.45) is 0 Å². The van der Waals surface area contributed by atoms with E-state index in [0.717, 1.165) is 5.01 Å². The number of nitrogens with zero attached hydrogens (tertiary/aromatic N) is 3. The molecule has 2 N–H and O–H groups in total. The van der Waals surface area contributed by atoms with Gasteiger partial charge in [0.25, 0.3) is 5.91 Å². The van der Waals surface area contributed by atoms with Crippen molar-refractivity contribution in [1.82, 2.24) is 15.1 Å². The van der Waals surface area contributed by atoms with Crippen LogP contribution in [0.2, 0.25) is 5.02 Å². The summed E-state index contributed by atoms with van der Waals surface area (Å²) in [7, 11) is 1.53. The summed E-state index contributed by atoms with van der Waals surface area (Å²) in [5.41, 5.74) is 0.599. The number of halogens is 2. The van der Waals surface area contributed by atoms with Gasteiger partial charge in [0.05, 0.1) is 18.5 Å². The molecule has 8 nitrogen and oxygen atoms in total. The minimum atomic E-state index is -0.517. The number of carbonyl (C=O) groups is 2. The molecule has 0 spiro atoms. The van der Waals surface area contributed by atoms with Gasteiger partial charge in [-0.2, -0.15) is 0 Å². The lowest BCUT2D eigenvalue weighted by molar-refractivity contribution is 0.102. The maximum atomic E-state index is 13.8. The number of hydrogen-bond donors (Lipinski definition) is 2. The number of amides is 3. The lowest BCUT2D eigenvalue weighted by atomic mass is 9.98. The fraction of sp³-hybridized carbons (Fsp3) is 0.273. The van der Waals surface area contributed by atoms with Crippen LogP contribution in [0.25, 0.3) is 0 Å². The first-order valence-electron chi connectivity index (χ1n) is 10.2. The summed E-state index contributed by atoms with van der Waals surface area (Å²) >= 11 is 7.21. The number of carbonyl (C=O) groups excluding carboxylic acids is 2. The van der Waals surface area contributed by atoms with E-state index in [9.17, 15) is 14.0 Å². The smallest absolute Gasteiger partial charge is 0.321 e. The number of piperidine rings is 1. The van der Waals surface area contributed by atoms with Crippen LogP contribution in [0.15, 0.2) is 42.5 Å². The maximum Gasteiger partial charge on any atom is 0.321 e. The normalized spacial score (nSPS) is 14.1. The topological polar surface area (TPSA) is 96.4 Å². The molecule has 1 aliphatic rings. The Morgan fingerprint density at radius 1 is 1.12 bits per heavy atom. The minimum Gasteiger partial charge on any atom is -0.495 e. The quantitative estimate of drug-likeness (QED) is 0.525. The molecule has 0 bridgehead atoms. The van der Waals surface area contributed by atoms with E-state index in [1.165, 1.54) is 30.6 Å². The predicted molar refractivity (Wildman–Crippen MR) is 125 cm³/mol. The van der Waals surface area contributed by atoms with Crippen LogP contribution in [0, 0.1) is 5.82 Å². The van der Waals surface area contributed by atoms with Crippen molar-refractivity contribution in [2.75, 3.05) is 30.8 Å². The number of para-hydroxylation sites is 1. The van der Waals surface area contributed by atoms with E-state index < -0.39 is 11.7 Å². The molecule has 0 radical (unpaired) electrons. The Morgan fingerprint density at radius 2 is 1.88 bits per heavy atom. The Morgan fingerprint density at radius 3 is 2.61 bits per heavy atom. The number of likely N-dealkylation sites (tertiary alicyclic amines) is 1. The van der Waals surface area contributed by atoms with Gasteiger partial charge in [-0.05, 0) is 43.2 Å². The molecule has 1 saturated heterocycles. The van der Waals surface area contributed by atoms with Gasteiger partial charge in [-0.1, -0.05) is 35.1 Å². The first kappa shape index (κ1) is 22.9. The van der Waals surface area contributed by atoms with Gasteiger partial charge in [0.15, 0.2) is 0 Å². The highest BCUT2D eigenvalue weighted by Crippen LogP contribution is 2.32. The van der Waals surface area contributed by atoms with E-state index in [1.54, 1.807) is 35.2 Å². The van der Waals surface area contributed by atoms with Crippen molar-refractivity contribution in [1.29, 1.82) is 0 Å². The Kier molecular flexibility index (Phi) is 7.05. The van der Waals surface area contributed by atoms with Gasteiger partial charge in [0.1, 0.15) is 16.6 Å². The number of rotatable bonds is 5. The van der Waals surface area contributed by atoms with Crippen molar-refractivity contribution in [3.63, 3.8) is 0 Å². The van der Waals surface area contributed by atoms with Crippen LogP contribution in [0.3, 0.4) is 0 Å². The maximum absolute atomic E-state index is 13.8. The predicted octanol–water partition coefficient (Wildman–Crippen LogP) is 5.00. The van der Waals surface area contributed by atoms with E-state index in [0.29, 0.717) is 42.4 Å². The van der Waals surface area contributed by atoms with Crippen LogP contribution in [-0.2, 0) is 0 Å². The first-order chi connectivity index (χ1) is 15.9. The number of hydrogen-bond acceptors (Lipinski definition) is 6. The van der Waals surface area contributed by atoms with Crippen LogP contribution in [-0.4, -0.2) is 47.2 Å². The molecule has 11 heteroatoms. The van der Waals surface area contributed by atoms with Crippen LogP contribution in [0.1, 0.15) is 33.6 Å². The highest BCUT2D eigenvalue weighted by Gasteiger charge is 2.27. The largest absolute Gasteiger partial charge is 0.495 e. The molecule has 0 unspecified atom stereocenters. The number of ether oxygens (including phenoxy) is 1. The molecular weight excluding hydrogens is 469 g/mol. The fourth-order valence-electron chi connectivity index (χ4n) is 3.53. The zero-order valence-corrected chi connectivity index (χ0v) is 19.3. The number of aromatic nitrogens is 2. The highest BCUT2D eigenvalue weighted by atomic mass is 35.5. The van der Waals surface area contributed by atoms with Crippen molar-refractivity contribution >= 4 is 46.3 Å². The molecule has 33 heavy (non-hydrogen) atoms. The zero-order valence-electron chi connectivity index (χ0n) is 17.7. The lowest BCUT2D eigenvalue weighted by Crippen LogP contribution is -2.40. The molecule has 2 aromatic carbocycles. The number of benzene rings is 2. The Labute approximate surface area is 198 Å². The summed E-state index contributed by atoms with van der Waals surface area (Å²) in [4.78, 5) is 26.8. The Hall–Kier alpha value is -3.24. The van der Waals surface area contributed by atoms with Gasteiger partial charge in [-0.25, -0.2) is 9.18 Å². The lowest BCUT2D eigenvalue weighted by Gasteiger charge is -2.31. The third-order valence-corrected chi connectivity index (χ3v) is 6.61. The van der Waals surface area contributed by atoms with Gasteiger partial charge in [0, 0.05) is 24.0 Å². The Bertz CT molecular complexity index is 1170. The van der Waals surface area contributed by atoms with Gasteiger partial charge < -0.3 is 20.3 Å². The van der Waals surface area contributed by atoms with Crippen LogP contribution < -0.4 is 15.4 Å². The average Bonchev–Trinajstić information content (AvgIpc) is 3.31. The third kappa shape index (κ3) is 5.40. The summed E-state index contributed by atoms with van der Waals surface area (Å²) in [6.45, 7) is 1.05. The molecule has 3 amide bonds. The molecule has 1 aromatic heterocycles. The molecule has 0 aliphatic carbocycles. The second kappa shape index (κ2) is 10.1. The van der Waals surface area contributed by atoms with E-state index in [4.69, 9.17) is 16.3 Å². The van der Waals surface area contributed by atoms with Crippen molar-refractivity contribution in [3.05, 3.63) is 63.3 Å². The second-order valence-electron chi connectivity index (χ2n) is 7.42. The third-order valence-electron chi connectivity index (χ3n) is 5.29. The number of nitrogens with one attached hydrogen (secondary N) is 2. The van der Waals surface area contributed by atoms with Crippen LogP contribution in [0.5, 0.6) is 5.75 Å². The molecule has 2 heterocycles. The number of urea groups is 1. The van der Waals surface area contributed by atoms with Crippen molar-refractivity contribution in [3.8, 4) is 5.75 Å². The van der Waals surface area contributed by atoms with E-state index >= 15 is 0 Å². The summed E-state index contributed by atoms with van der Waals surface area (Å²) in [6, 6.07) is 10.7. The van der Waals surface area contributed by atoms with E-state index in [-0.39, 0.29) is 22.6 Å². The molecule has 1 aliphatic heterocycles. The van der Waals surface area contributed by atoms with Gasteiger partial charge in [0.2, 0.25) is 5.01 Å². The number of anilines is 2. The Balaban J connectivity index is 1.33. The van der Waals surface area contributed by atoms with Gasteiger partial charge in [-0.15, -0.1) is 10.2 Å². The summed E-state index contributed by atoms with van der Waals surface area (Å²) in [6.07, 6.45) is 1.37. The molecule has 3 aromatic rings. The SMILES string of the molecule is COc1ccc(Cl)cc1NC(=O)N1CCC(c2nnc(C(=O)Nc3ccccc3F)s2)CC1. The second-order valence-corrected chi connectivity index (χ2v) is 8.86. The summed E-state index contributed by atoms with van der Waals surface area (Å²) in [5.74, 6) is -0.410. The fourth-order valence-corrected chi connectivity index (χ4v) is 4.61. The van der Waals surface area contributed by atoms with Crippen molar-refractivity contribution < 1.29 is 18.7 Å². The first-order valence-corrected chi connectivity index (χ1v) is 11.4. The van der Waals surface area contributed by atoms with E-state index in [1.807, 2.05) is 0 Å². The van der Waals surface area contributed by atoms with Gasteiger partial charge >= 0.3 is 6.03 Å². The average molecular weight is 490 g/mol. The van der Waals surface area contributed by atoms with Gasteiger partial charge in [-0.3, -0.25) is 4.79 Å². The summed E-state index contributed by atoms with van der Waals surface area (Å²) < 4.78 is 19.0. The van der Waals surface area contributed by atoms with Crippen molar-refractivity contribution in [2.45, 2.75) is 18.8 Å². The van der Waals surface area contributed by atoms with Crippen LogP contribution in [0.4, 0.5) is 20.6 Å².